The minimum atomic E-state index is -0.289. The Morgan fingerprint density at radius 1 is 1.07 bits per heavy atom. The number of hydrogen-bond donors (Lipinski definition) is 3. The zero-order chi connectivity index (χ0) is 20.6. The number of nitrogens with one attached hydrogen (secondary N) is 3. The fraction of sp³-hybridized carbons (Fsp3) is 0.190. The largest absolute Gasteiger partial charge is 0.497 e. The van der Waals surface area contributed by atoms with Crippen LogP contribution in [0.15, 0.2) is 54.6 Å². The average Bonchev–Trinajstić information content (AvgIpc) is 2.70. The van der Waals surface area contributed by atoms with Crippen LogP contribution in [0.2, 0.25) is 0 Å². The van der Waals surface area contributed by atoms with E-state index in [0.717, 1.165) is 23.6 Å². The van der Waals surface area contributed by atoms with Gasteiger partial charge in [0.15, 0.2) is 5.11 Å². The van der Waals surface area contributed by atoms with Gasteiger partial charge in [0.05, 0.1) is 7.11 Å². The molecule has 1 heterocycles. The molecule has 0 aliphatic heterocycles. The molecule has 0 fully saturated rings. The molecule has 1 aromatic heterocycles. The highest BCUT2D eigenvalue weighted by Gasteiger charge is 2.05. The molecule has 8 heteroatoms. The van der Waals surface area contributed by atoms with Crippen LogP contribution >= 0.6 is 12.2 Å². The minimum Gasteiger partial charge on any atom is -0.497 e. The normalized spacial score (nSPS) is 10.3. The van der Waals surface area contributed by atoms with E-state index < -0.39 is 0 Å². The van der Waals surface area contributed by atoms with Gasteiger partial charge in [-0.3, -0.25) is 0 Å². The van der Waals surface area contributed by atoms with Gasteiger partial charge >= 0.3 is 0 Å². The first-order chi connectivity index (χ1) is 14.0. The first-order valence-corrected chi connectivity index (χ1v) is 9.49. The molecule has 0 aliphatic carbocycles. The molecule has 3 aromatic rings. The summed E-state index contributed by atoms with van der Waals surface area (Å²) in [7, 11) is 1.65. The van der Waals surface area contributed by atoms with Crippen LogP contribution < -0.4 is 20.7 Å². The Balaban J connectivity index is 1.53. The van der Waals surface area contributed by atoms with E-state index >= 15 is 0 Å². The number of benzene rings is 2. The van der Waals surface area contributed by atoms with Gasteiger partial charge in [-0.15, -0.1) is 0 Å². The molecule has 0 atom stereocenters. The lowest BCUT2D eigenvalue weighted by molar-refractivity contribution is 0.414. The van der Waals surface area contributed by atoms with Crippen LogP contribution in [0.25, 0.3) is 0 Å². The molecule has 3 rings (SSSR count). The van der Waals surface area contributed by atoms with E-state index in [1.807, 2.05) is 31.2 Å². The number of aromatic nitrogens is 2. The standard InChI is InChI=1S/C21H22FN5OS/c1-14-13-19(25-17-7-5-16(22)6-8-17)26-20(24-14)27-21(29)23-12-11-15-3-9-18(28-2)10-4-15/h3-10,13H,11-12H2,1-2H3,(H3,23,24,25,26,27,29). The summed E-state index contributed by atoms with van der Waals surface area (Å²) in [5.74, 6) is 1.52. The Morgan fingerprint density at radius 2 is 1.79 bits per heavy atom. The molecule has 6 nitrogen and oxygen atoms in total. The lowest BCUT2D eigenvalue weighted by Gasteiger charge is -2.12. The quantitative estimate of drug-likeness (QED) is 0.503. The van der Waals surface area contributed by atoms with Crippen molar-refractivity contribution in [3.05, 3.63) is 71.7 Å². The van der Waals surface area contributed by atoms with Gasteiger partial charge in [-0.05, 0) is 67.5 Å². The second-order valence-electron chi connectivity index (χ2n) is 6.33. The van der Waals surface area contributed by atoms with Crippen molar-refractivity contribution in [2.45, 2.75) is 13.3 Å². The van der Waals surface area contributed by atoms with Gasteiger partial charge in [0.25, 0.3) is 0 Å². The van der Waals surface area contributed by atoms with E-state index in [9.17, 15) is 4.39 Å². The highest BCUT2D eigenvalue weighted by Crippen LogP contribution is 2.17. The summed E-state index contributed by atoms with van der Waals surface area (Å²) in [5, 5.41) is 9.72. The zero-order valence-electron chi connectivity index (χ0n) is 16.2. The van der Waals surface area contributed by atoms with Gasteiger partial charge in [-0.25, -0.2) is 9.37 Å². The van der Waals surface area contributed by atoms with Crippen molar-refractivity contribution < 1.29 is 9.13 Å². The molecule has 0 saturated carbocycles. The molecule has 0 aliphatic rings. The van der Waals surface area contributed by atoms with E-state index in [2.05, 4.69) is 25.9 Å². The lowest BCUT2D eigenvalue weighted by atomic mass is 10.1. The van der Waals surface area contributed by atoms with E-state index in [1.165, 1.54) is 17.7 Å². The summed E-state index contributed by atoms with van der Waals surface area (Å²) in [4.78, 5) is 8.76. The topological polar surface area (TPSA) is 71.1 Å². The van der Waals surface area contributed by atoms with E-state index in [-0.39, 0.29) is 5.82 Å². The molecule has 0 amide bonds. The summed E-state index contributed by atoms with van der Waals surface area (Å²) < 4.78 is 18.2. The fourth-order valence-corrected chi connectivity index (χ4v) is 2.82. The summed E-state index contributed by atoms with van der Waals surface area (Å²) >= 11 is 5.34. The average molecular weight is 412 g/mol. The van der Waals surface area contributed by atoms with E-state index in [1.54, 1.807) is 25.3 Å². The van der Waals surface area contributed by atoms with Gasteiger partial charge < -0.3 is 20.7 Å². The summed E-state index contributed by atoms with van der Waals surface area (Å²) in [6.45, 7) is 2.54. The molecule has 2 aromatic carbocycles. The number of nitrogens with zero attached hydrogens (tertiary/aromatic N) is 2. The first-order valence-electron chi connectivity index (χ1n) is 9.08. The number of halogens is 1. The summed E-state index contributed by atoms with van der Waals surface area (Å²) in [5.41, 5.74) is 2.68. The van der Waals surface area contributed by atoms with Crippen LogP contribution in [0, 0.1) is 12.7 Å². The van der Waals surface area contributed by atoms with Crippen molar-refractivity contribution in [2.24, 2.45) is 0 Å². The van der Waals surface area contributed by atoms with E-state index in [0.29, 0.717) is 23.4 Å². The van der Waals surface area contributed by atoms with Crippen molar-refractivity contribution >= 4 is 34.8 Å². The van der Waals surface area contributed by atoms with Gasteiger partial charge in [-0.1, -0.05) is 12.1 Å². The van der Waals surface area contributed by atoms with Crippen LogP contribution in [-0.4, -0.2) is 28.7 Å². The Kier molecular flexibility index (Phi) is 6.91. The highest BCUT2D eigenvalue weighted by molar-refractivity contribution is 7.80. The minimum absolute atomic E-state index is 0.289. The molecule has 3 N–H and O–H groups in total. The number of rotatable bonds is 7. The van der Waals surface area contributed by atoms with Gasteiger partial charge in [0, 0.05) is 24.0 Å². The summed E-state index contributed by atoms with van der Waals surface area (Å²) in [6.07, 6.45) is 0.817. The number of thiocarbonyl (C=S) groups is 1. The molecule has 0 saturated heterocycles. The fourth-order valence-electron chi connectivity index (χ4n) is 2.63. The predicted molar refractivity (Wildman–Crippen MR) is 117 cm³/mol. The second kappa shape index (κ2) is 9.79. The maximum atomic E-state index is 13.1. The van der Waals surface area contributed by atoms with Crippen LogP contribution in [0.5, 0.6) is 5.75 Å². The molecular weight excluding hydrogens is 389 g/mol. The SMILES string of the molecule is COc1ccc(CCNC(=S)Nc2nc(C)cc(Nc3ccc(F)cc3)n2)cc1. The maximum absolute atomic E-state index is 13.1. The Labute approximate surface area is 174 Å². The Hall–Kier alpha value is -3.26. The Morgan fingerprint density at radius 3 is 2.48 bits per heavy atom. The molecule has 150 valence electrons. The van der Waals surface area contributed by atoms with E-state index in [4.69, 9.17) is 17.0 Å². The number of anilines is 3. The third-order valence-electron chi connectivity index (χ3n) is 4.05. The monoisotopic (exact) mass is 411 g/mol. The number of ether oxygens (including phenoxy) is 1. The number of aryl methyl sites for hydroxylation is 1. The summed E-state index contributed by atoms with van der Waals surface area (Å²) in [6, 6.07) is 15.8. The molecule has 0 spiro atoms. The van der Waals surface area contributed by atoms with Crippen molar-refractivity contribution in [3.8, 4) is 5.75 Å². The van der Waals surface area contributed by atoms with Crippen LogP contribution in [0.1, 0.15) is 11.3 Å². The smallest absolute Gasteiger partial charge is 0.231 e. The number of hydrogen-bond acceptors (Lipinski definition) is 5. The number of methoxy groups -OCH3 is 1. The predicted octanol–water partition coefficient (Wildman–Crippen LogP) is 4.21. The molecule has 0 unspecified atom stereocenters. The zero-order valence-corrected chi connectivity index (χ0v) is 17.0. The van der Waals surface area contributed by atoms with Crippen molar-refractivity contribution in [1.29, 1.82) is 0 Å². The molecule has 0 radical (unpaired) electrons. The van der Waals surface area contributed by atoms with Crippen LogP contribution in [0.4, 0.5) is 21.8 Å². The van der Waals surface area contributed by atoms with Crippen molar-refractivity contribution in [1.82, 2.24) is 15.3 Å². The molecule has 0 bridgehead atoms. The van der Waals surface area contributed by atoms with Crippen molar-refractivity contribution in [2.75, 3.05) is 24.3 Å². The molecule has 29 heavy (non-hydrogen) atoms. The second-order valence-corrected chi connectivity index (χ2v) is 6.74. The van der Waals surface area contributed by atoms with Gasteiger partial charge in [0.2, 0.25) is 5.95 Å². The Bertz CT molecular complexity index is 964. The van der Waals surface area contributed by atoms with Crippen LogP contribution in [-0.2, 0) is 6.42 Å². The third-order valence-corrected chi connectivity index (χ3v) is 4.30. The van der Waals surface area contributed by atoms with Crippen molar-refractivity contribution in [3.63, 3.8) is 0 Å². The third kappa shape index (κ3) is 6.39. The maximum Gasteiger partial charge on any atom is 0.231 e. The van der Waals surface area contributed by atoms with Crippen LogP contribution in [0.3, 0.4) is 0 Å². The van der Waals surface area contributed by atoms with Gasteiger partial charge in [-0.2, -0.15) is 4.98 Å². The lowest BCUT2D eigenvalue weighted by Crippen LogP contribution is -2.31. The highest BCUT2D eigenvalue weighted by atomic mass is 32.1. The first kappa shape index (κ1) is 20.5. The van der Waals surface area contributed by atoms with Gasteiger partial charge in [0.1, 0.15) is 17.4 Å². The molecular formula is C21H22FN5OS.